The summed E-state index contributed by atoms with van der Waals surface area (Å²) in [6.45, 7) is 0.786. The van der Waals surface area contributed by atoms with Gasteiger partial charge < -0.3 is 10.1 Å². The van der Waals surface area contributed by atoms with Crippen molar-refractivity contribution in [2.75, 3.05) is 7.11 Å². The lowest BCUT2D eigenvalue weighted by molar-refractivity contribution is 0.0945. The van der Waals surface area contributed by atoms with E-state index in [-0.39, 0.29) is 5.56 Å². The summed E-state index contributed by atoms with van der Waals surface area (Å²) >= 11 is 3.19. The molecular formula is C16H15BrFNO2. The highest BCUT2D eigenvalue weighted by Gasteiger charge is 2.15. The van der Waals surface area contributed by atoms with E-state index >= 15 is 0 Å². The number of carbonyl (C=O) groups excluding carboxylic acids is 1. The molecule has 0 saturated carbocycles. The van der Waals surface area contributed by atoms with Crippen LogP contribution in [0.25, 0.3) is 0 Å². The second-order valence-electron chi connectivity index (χ2n) is 4.48. The smallest absolute Gasteiger partial charge is 0.255 e. The summed E-state index contributed by atoms with van der Waals surface area (Å²) in [4.78, 5) is 12.1. The minimum Gasteiger partial charge on any atom is -0.380 e. The molecule has 0 bridgehead atoms. The van der Waals surface area contributed by atoms with Crippen LogP contribution in [0.1, 0.15) is 21.5 Å². The van der Waals surface area contributed by atoms with Gasteiger partial charge in [-0.3, -0.25) is 4.79 Å². The van der Waals surface area contributed by atoms with Crippen LogP contribution in [0.15, 0.2) is 46.9 Å². The van der Waals surface area contributed by atoms with E-state index < -0.39 is 11.7 Å². The number of rotatable bonds is 5. The largest absolute Gasteiger partial charge is 0.380 e. The Kier molecular flexibility index (Phi) is 5.47. The molecule has 0 spiro atoms. The van der Waals surface area contributed by atoms with Gasteiger partial charge in [0.05, 0.1) is 12.2 Å². The third-order valence-corrected chi connectivity index (χ3v) is 3.71. The highest BCUT2D eigenvalue weighted by Crippen LogP contribution is 2.19. The number of carbonyl (C=O) groups is 1. The molecule has 0 aromatic heterocycles. The molecule has 110 valence electrons. The predicted octanol–water partition coefficient (Wildman–Crippen LogP) is 3.66. The van der Waals surface area contributed by atoms with E-state index in [4.69, 9.17) is 4.74 Å². The molecule has 1 amide bonds. The summed E-state index contributed by atoms with van der Waals surface area (Å²) in [5.41, 5.74) is 1.95. The van der Waals surface area contributed by atoms with E-state index in [1.165, 1.54) is 6.07 Å². The molecule has 0 unspecified atom stereocenters. The van der Waals surface area contributed by atoms with Crippen LogP contribution in [0.2, 0.25) is 0 Å². The minimum absolute atomic E-state index is 0.0155. The molecular weight excluding hydrogens is 337 g/mol. The first-order valence-corrected chi connectivity index (χ1v) is 7.20. The number of hydrogen-bond acceptors (Lipinski definition) is 2. The standard InChI is InChI=1S/C16H15BrFNO2/c1-21-10-12-6-3-2-5-11(12)9-19-16(20)15-13(17)7-4-8-14(15)18/h2-8H,9-10H2,1H3,(H,19,20). The average Bonchev–Trinajstić information content (AvgIpc) is 2.46. The summed E-state index contributed by atoms with van der Waals surface area (Å²) < 4.78 is 19.3. The number of hydrogen-bond donors (Lipinski definition) is 1. The first-order chi connectivity index (χ1) is 10.1. The normalized spacial score (nSPS) is 10.4. The molecule has 0 fully saturated rings. The molecule has 0 heterocycles. The molecule has 0 atom stereocenters. The Hall–Kier alpha value is -1.72. The number of amides is 1. The summed E-state index contributed by atoms with van der Waals surface area (Å²) in [5, 5.41) is 2.73. The zero-order valence-corrected chi connectivity index (χ0v) is 13.1. The van der Waals surface area contributed by atoms with Gasteiger partial charge >= 0.3 is 0 Å². The molecule has 0 saturated heterocycles. The van der Waals surface area contributed by atoms with Crippen LogP contribution >= 0.6 is 15.9 Å². The quantitative estimate of drug-likeness (QED) is 0.892. The Labute approximate surface area is 131 Å². The molecule has 5 heteroatoms. The van der Waals surface area contributed by atoms with Gasteiger partial charge in [0.15, 0.2) is 0 Å². The van der Waals surface area contributed by atoms with Gasteiger partial charge in [0.25, 0.3) is 5.91 Å². The highest BCUT2D eigenvalue weighted by molar-refractivity contribution is 9.10. The van der Waals surface area contributed by atoms with Gasteiger partial charge in [-0.1, -0.05) is 30.3 Å². The van der Waals surface area contributed by atoms with Crippen LogP contribution in [0, 0.1) is 5.82 Å². The molecule has 0 aliphatic rings. The van der Waals surface area contributed by atoms with Crippen LogP contribution in [-0.2, 0) is 17.9 Å². The Morgan fingerprint density at radius 1 is 1.19 bits per heavy atom. The number of nitrogens with one attached hydrogen (secondary N) is 1. The molecule has 2 rings (SSSR count). The van der Waals surface area contributed by atoms with Crippen molar-refractivity contribution in [1.29, 1.82) is 0 Å². The second kappa shape index (κ2) is 7.33. The summed E-state index contributed by atoms with van der Waals surface area (Å²) in [6, 6.07) is 12.1. The van der Waals surface area contributed by atoms with Crippen molar-refractivity contribution in [1.82, 2.24) is 5.32 Å². The first-order valence-electron chi connectivity index (χ1n) is 6.41. The molecule has 3 nitrogen and oxygen atoms in total. The molecule has 0 aliphatic heterocycles. The van der Waals surface area contributed by atoms with E-state index in [9.17, 15) is 9.18 Å². The van der Waals surface area contributed by atoms with Crippen molar-refractivity contribution < 1.29 is 13.9 Å². The van der Waals surface area contributed by atoms with E-state index in [1.54, 1.807) is 19.2 Å². The zero-order chi connectivity index (χ0) is 15.2. The number of halogens is 2. The van der Waals surface area contributed by atoms with E-state index in [2.05, 4.69) is 21.2 Å². The van der Waals surface area contributed by atoms with Crippen molar-refractivity contribution in [3.05, 3.63) is 69.4 Å². The Morgan fingerprint density at radius 2 is 1.90 bits per heavy atom. The maximum atomic E-state index is 13.7. The fourth-order valence-corrected chi connectivity index (χ4v) is 2.53. The SMILES string of the molecule is COCc1ccccc1CNC(=O)c1c(F)cccc1Br. The summed E-state index contributed by atoms with van der Waals surface area (Å²) in [5.74, 6) is -1.00. The average molecular weight is 352 g/mol. The molecule has 2 aromatic rings. The molecule has 0 radical (unpaired) electrons. The van der Waals surface area contributed by atoms with Crippen molar-refractivity contribution in [3.63, 3.8) is 0 Å². The predicted molar refractivity (Wildman–Crippen MR) is 82.4 cm³/mol. The van der Waals surface area contributed by atoms with Gasteiger partial charge in [0.2, 0.25) is 0 Å². The van der Waals surface area contributed by atoms with E-state index in [1.807, 2.05) is 24.3 Å². The lowest BCUT2D eigenvalue weighted by Gasteiger charge is -2.11. The van der Waals surface area contributed by atoms with Gasteiger partial charge in [-0.25, -0.2) is 4.39 Å². The van der Waals surface area contributed by atoms with Crippen molar-refractivity contribution in [2.24, 2.45) is 0 Å². The fraction of sp³-hybridized carbons (Fsp3) is 0.188. The van der Waals surface area contributed by atoms with Crippen molar-refractivity contribution in [3.8, 4) is 0 Å². The number of methoxy groups -OCH3 is 1. The van der Waals surface area contributed by atoms with E-state index in [0.717, 1.165) is 11.1 Å². The van der Waals surface area contributed by atoms with Crippen LogP contribution < -0.4 is 5.32 Å². The van der Waals surface area contributed by atoms with Crippen LogP contribution in [0.4, 0.5) is 4.39 Å². The van der Waals surface area contributed by atoms with Crippen LogP contribution in [0.3, 0.4) is 0 Å². The fourth-order valence-electron chi connectivity index (χ4n) is 2.00. The molecule has 21 heavy (non-hydrogen) atoms. The van der Waals surface area contributed by atoms with Gasteiger partial charge in [-0.05, 0) is 39.2 Å². The molecule has 2 aromatic carbocycles. The lowest BCUT2D eigenvalue weighted by Crippen LogP contribution is -2.24. The third-order valence-electron chi connectivity index (χ3n) is 3.05. The number of benzene rings is 2. The van der Waals surface area contributed by atoms with Crippen molar-refractivity contribution in [2.45, 2.75) is 13.2 Å². The summed E-state index contributed by atoms with van der Waals surface area (Å²) in [6.07, 6.45) is 0. The second-order valence-corrected chi connectivity index (χ2v) is 5.34. The molecule has 1 N–H and O–H groups in total. The highest BCUT2D eigenvalue weighted by atomic mass is 79.9. The Morgan fingerprint density at radius 3 is 2.57 bits per heavy atom. The summed E-state index contributed by atoms with van der Waals surface area (Å²) in [7, 11) is 1.62. The Balaban J connectivity index is 2.11. The van der Waals surface area contributed by atoms with Gasteiger partial charge in [0, 0.05) is 18.1 Å². The number of ether oxygens (including phenoxy) is 1. The van der Waals surface area contributed by atoms with Gasteiger partial charge in [0.1, 0.15) is 5.82 Å². The van der Waals surface area contributed by atoms with Gasteiger partial charge in [-0.2, -0.15) is 0 Å². The monoisotopic (exact) mass is 351 g/mol. The van der Waals surface area contributed by atoms with Crippen LogP contribution in [0.5, 0.6) is 0 Å². The van der Waals surface area contributed by atoms with Crippen molar-refractivity contribution >= 4 is 21.8 Å². The zero-order valence-electron chi connectivity index (χ0n) is 11.5. The Bertz CT molecular complexity index is 626. The maximum absolute atomic E-state index is 13.7. The third kappa shape index (κ3) is 3.89. The topological polar surface area (TPSA) is 38.3 Å². The maximum Gasteiger partial charge on any atom is 0.255 e. The lowest BCUT2D eigenvalue weighted by atomic mass is 10.1. The minimum atomic E-state index is -0.549. The van der Waals surface area contributed by atoms with E-state index in [0.29, 0.717) is 17.6 Å². The van der Waals surface area contributed by atoms with Crippen LogP contribution in [-0.4, -0.2) is 13.0 Å². The van der Waals surface area contributed by atoms with Gasteiger partial charge in [-0.15, -0.1) is 0 Å². The first kappa shape index (κ1) is 15.7. The molecule has 0 aliphatic carbocycles.